The van der Waals surface area contributed by atoms with Crippen LogP contribution in [0.15, 0.2) is 24.3 Å². The Morgan fingerprint density at radius 1 is 0.931 bits per heavy atom. The number of amides is 2. The number of carbonyl (C=O) groups excluding carboxylic acids is 2. The molecule has 0 aliphatic carbocycles. The van der Waals surface area contributed by atoms with Crippen molar-refractivity contribution in [3.05, 3.63) is 35.4 Å². The van der Waals surface area contributed by atoms with E-state index in [0.717, 1.165) is 18.4 Å². The van der Waals surface area contributed by atoms with Crippen molar-refractivity contribution in [2.45, 2.75) is 72.1 Å². The Morgan fingerprint density at radius 2 is 1.48 bits per heavy atom. The van der Waals surface area contributed by atoms with E-state index >= 15 is 0 Å². The van der Waals surface area contributed by atoms with Gasteiger partial charge in [-0.1, -0.05) is 24.3 Å². The molecule has 0 spiro atoms. The number of ether oxygens (including phenoxy) is 2. The molecular formula is C22H37N3O4. The second-order valence-electron chi connectivity index (χ2n) is 9.03. The highest BCUT2D eigenvalue weighted by molar-refractivity contribution is 5.68. The van der Waals surface area contributed by atoms with Gasteiger partial charge in [-0.15, -0.1) is 0 Å². The zero-order chi connectivity index (χ0) is 22.1. The number of nitrogens with two attached hydrogens (primary N) is 1. The van der Waals surface area contributed by atoms with E-state index in [4.69, 9.17) is 15.2 Å². The van der Waals surface area contributed by atoms with Gasteiger partial charge >= 0.3 is 12.2 Å². The lowest BCUT2D eigenvalue weighted by Crippen LogP contribution is -2.40. The monoisotopic (exact) mass is 407 g/mol. The van der Waals surface area contributed by atoms with Gasteiger partial charge in [0.15, 0.2) is 0 Å². The summed E-state index contributed by atoms with van der Waals surface area (Å²) in [5, 5.41) is 2.75. The lowest BCUT2D eigenvalue weighted by molar-refractivity contribution is 0.0253. The van der Waals surface area contributed by atoms with Crippen LogP contribution in [0.2, 0.25) is 0 Å². The van der Waals surface area contributed by atoms with Crippen molar-refractivity contribution < 1.29 is 19.1 Å². The lowest BCUT2D eigenvalue weighted by atomic mass is 10.1. The molecule has 2 amide bonds. The number of carbonyl (C=O) groups is 2. The van der Waals surface area contributed by atoms with Gasteiger partial charge in [0.1, 0.15) is 11.2 Å². The third-order valence-corrected chi connectivity index (χ3v) is 3.80. The molecule has 0 saturated carbocycles. The zero-order valence-electron chi connectivity index (χ0n) is 18.7. The molecule has 0 aliphatic rings. The number of rotatable bonds is 8. The van der Waals surface area contributed by atoms with Crippen molar-refractivity contribution in [3.63, 3.8) is 0 Å². The highest BCUT2D eigenvalue weighted by atomic mass is 16.6. The minimum absolute atomic E-state index is 0.327. The number of hydrogen-bond donors (Lipinski definition) is 2. The normalized spacial score (nSPS) is 11.7. The molecule has 0 bridgehead atoms. The average Bonchev–Trinajstić information content (AvgIpc) is 2.57. The fourth-order valence-corrected chi connectivity index (χ4v) is 2.56. The fourth-order valence-electron chi connectivity index (χ4n) is 2.56. The van der Waals surface area contributed by atoms with E-state index in [1.807, 2.05) is 65.8 Å². The van der Waals surface area contributed by atoms with Crippen molar-refractivity contribution in [3.8, 4) is 0 Å². The first-order valence-corrected chi connectivity index (χ1v) is 10.1. The molecular weight excluding hydrogens is 370 g/mol. The fraction of sp³-hybridized carbons (Fsp3) is 0.636. The van der Waals surface area contributed by atoms with Crippen LogP contribution >= 0.6 is 0 Å². The molecule has 0 unspecified atom stereocenters. The predicted molar refractivity (Wildman–Crippen MR) is 115 cm³/mol. The number of nitrogens with one attached hydrogen (secondary N) is 1. The number of hydrogen-bond acceptors (Lipinski definition) is 5. The Hall–Kier alpha value is -2.28. The minimum Gasteiger partial charge on any atom is -0.444 e. The van der Waals surface area contributed by atoms with E-state index in [1.54, 1.807) is 4.90 Å². The lowest BCUT2D eigenvalue weighted by Gasteiger charge is -2.27. The Morgan fingerprint density at radius 3 is 2.00 bits per heavy atom. The average molecular weight is 408 g/mol. The van der Waals surface area contributed by atoms with E-state index in [1.165, 1.54) is 5.56 Å². The first-order valence-electron chi connectivity index (χ1n) is 10.1. The molecule has 0 fully saturated rings. The third kappa shape index (κ3) is 11.3. The molecule has 1 rings (SSSR count). The Labute approximate surface area is 174 Å². The topological polar surface area (TPSA) is 93.9 Å². The molecule has 7 heteroatoms. The van der Waals surface area contributed by atoms with Gasteiger partial charge in [0.05, 0.1) is 0 Å². The van der Waals surface area contributed by atoms with Gasteiger partial charge < -0.3 is 25.4 Å². The van der Waals surface area contributed by atoms with Crippen LogP contribution in [0.5, 0.6) is 0 Å². The maximum atomic E-state index is 12.3. The van der Waals surface area contributed by atoms with Crippen LogP contribution in [0.25, 0.3) is 0 Å². The molecule has 0 heterocycles. The van der Waals surface area contributed by atoms with E-state index in [0.29, 0.717) is 26.2 Å². The van der Waals surface area contributed by atoms with Crippen LogP contribution < -0.4 is 11.1 Å². The summed E-state index contributed by atoms with van der Waals surface area (Å²) in [7, 11) is 0. The minimum atomic E-state index is -0.521. The Bertz CT molecular complexity index is 646. The van der Waals surface area contributed by atoms with E-state index in [9.17, 15) is 9.59 Å². The standard InChI is InChI=1S/C22H37N3O4/c1-21(2,3)28-19(26)24-16-18-11-9-17(10-12-18)8-7-14-25(15-13-23)20(27)29-22(4,5)6/h9-12H,7-8,13-16,23H2,1-6H3,(H,24,26). The van der Waals surface area contributed by atoms with Crippen LogP contribution in [0.3, 0.4) is 0 Å². The molecule has 0 aromatic heterocycles. The summed E-state index contributed by atoms with van der Waals surface area (Å²) in [6, 6.07) is 8.04. The smallest absolute Gasteiger partial charge is 0.410 e. The highest BCUT2D eigenvalue weighted by Gasteiger charge is 2.21. The summed E-state index contributed by atoms with van der Waals surface area (Å²) in [6.45, 7) is 12.9. The molecule has 164 valence electrons. The first-order chi connectivity index (χ1) is 13.4. The summed E-state index contributed by atoms with van der Waals surface area (Å²) >= 11 is 0. The van der Waals surface area contributed by atoms with Crippen LogP contribution in [0.4, 0.5) is 9.59 Å². The highest BCUT2D eigenvalue weighted by Crippen LogP contribution is 2.12. The maximum absolute atomic E-state index is 12.3. The maximum Gasteiger partial charge on any atom is 0.410 e. The summed E-state index contributed by atoms with van der Waals surface area (Å²) < 4.78 is 10.7. The van der Waals surface area contributed by atoms with Crippen LogP contribution in [0, 0.1) is 0 Å². The predicted octanol–water partition coefficient (Wildman–Crippen LogP) is 3.84. The molecule has 1 aromatic rings. The Balaban J connectivity index is 2.46. The Kier molecular flexibility index (Phi) is 9.43. The number of aryl methyl sites for hydroxylation is 1. The number of nitrogens with zero attached hydrogens (tertiary/aromatic N) is 1. The van der Waals surface area contributed by atoms with Gasteiger partial charge in [-0.05, 0) is 65.5 Å². The summed E-state index contributed by atoms with van der Waals surface area (Å²) in [6.07, 6.45) is 0.897. The number of benzene rings is 1. The second kappa shape index (κ2) is 11.0. The quantitative estimate of drug-likeness (QED) is 0.683. The van der Waals surface area contributed by atoms with Crippen LogP contribution in [-0.2, 0) is 22.4 Å². The summed E-state index contributed by atoms with van der Waals surface area (Å²) in [5.74, 6) is 0. The van der Waals surface area contributed by atoms with Crippen LogP contribution in [-0.4, -0.2) is 47.9 Å². The largest absolute Gasteiger partial charge is 0.444 e. The van der Waals surface area contributed by atoms with Gasteiger partial charge in [0.25, 0.3) is 0 Å². The van der Waals surface area contributed by atoms with Gasteiger partial charge in [-0.2, -0.15) is 0 Å². The van der Waals surface area contributed by atoms with E-state index in [-0.39, 0.29) is 6.09 Å². The summed E-state index contributed by atoms with van der Waals surface area (Å²) in [5.41, 5.74) is 6.76. The zero-order valence-corrected chi connectivity index (χ0v) is 18.7. The van der Waals surface area contributed by atoms with Crippen molar-refractivity contribution in [1.82, 2.24) is 10.2 Å². The molecule has 7 nitrogen and oxygen atoms in total. The van der Waals surface area contributed by atoms with Crippen molar-refractivity contribution in [1.29, 1.82) is 0 Å². The SMILES string of the molecule is CC(C)(C)OC(=O)NCc1ccc(CCCN(CCN)C(=O)OC(C)(C)C)cc1. The van der Waals surface area contributed by atoms with Crippen molar-refractivity contribution in [2.75, 3.05) is 19.6 Å². The molecule has 0 radical (unpaired) electrons. The van der Waals surface area contributed by atoms with Gasteiger partial charge in [0.2, 0.25) is 0 Å². The van der Waals surface area contributed by atoms with Crippen molar-refractivity contribution in [2.24, 2.45) is 5.73 Å². The molecule has 29 heavy (non-hydrogen) atoms. The van der Waals surface area contributed by atoms with E-state index in [2.05, 4.69) is 5.32 Å². The van der Waals surface area contributed by atoms with Gasteiger partial charge in [-0.25, -0.2) is 9.59 Å². The molecule has 3 N–H and O–H groups in total. The summed E-state index contributed by atoms with van der Waals surface area (Å²) in [4.78, 5) is 25.6. The molecule has 0 atom stereocenters. The van der Waals surface area contributed by atoms with Gasteiger partial charge in [0, 0.05) is 26.2 Å². The third-order valence-electron chi connectivity index (χ3n) is 3.80. The number of alkyl carbamates (subject to hydrolysis) is 1. The van der Waals surface area contributed by atoms with Gasteiger partial charge in [-0.3, -0.25) is 0 Å². The van der Waals surface area contributed by atoms with E-state index < -0.39 is 17.3 Å². The van der Waals surface area contributed by atoms with Crippen molar-refractivity contribution >= 4 is 12.2 Å². The molecule has 0 saturated heterocycles. The van der Waals surface area contributed by atoms with Crippen LogP contribution in [0.1, 0.15) is 59.1 Å². The first kappa shape index (κ1) is 24.8. The second-order valence-corrected chi connectivity index (χ2v) is 9.03. The molecule has 0 aliphatic heterocycles. The molecule has 1 aromatic carbocycles.